The molecule has 0 atom stereocenters. The second-order valence-corrected chi connectivity index (χ2v) is 3.98. The lowest BCUT2D eigenvalue weighted by Crippen LogP contribution is -2.37. The molecule has 0 aliphatic carbocycles. The predicted octanol–water partition coefficient (Wildman–Crippen LogP) is -0.272. The van der Waals surface area contributed by atoms with Crippen LogP contribution >= 0.6 is 0 Å². The number of rotatable bonds is 5. The van der Waals surface area contributed by atoms with E-state index in [9.17, 15) is 14.4 Å². The fourth-order valence-corrected chi connectivity index (χ4v) is 1.75. The minimum atomic E-state index is -1.12. The molecule has 1 aromatic rings. The maximum Gasteiger partial charge on any atom is 0.352 e. The van der Waals surface area contributed by atoms with Crippen LogP contribution in [-0.4, -0.2) is 41.1 Å². The number of aromatic nitrogens is 1. The number of aromatic amines is 1. The van der Waals surface area contributed by atoms with Gasteiger partial charge in [-0.2, -0.15) is 0 Å². The average Bonchev–Trinajstić information content (AvgIpc) is 2.60. The Bertz CT molecular complexity index is 521. The normalized spacial score (nSPS) is 10.0. The summed E-state index contributed by atoms with van der Waals surface area (Å²) < 4.78 is 0. The van der Waals surface area contributed by atoms with E-state index in [1.54, 1.807) is 13.8 Å². The van der Waals surface area contributed by atoms with Gasteiger partial charge in [0.25, 0.3) is 5.91 Å². The second-order valence-electron chi connectivity index (χ2n) is 3.98. The Balaban J connectivity index is 2.72. The molecule has 8 heteroatoms. The van der Waals surface area contributed by atoms with Gasteiger partial charge in [-0.25, -0.2) is 9.59 Å². The number of urea groups is 1. The van der Waals surface area contributed by atoms with E-state index in [4.69, 9.17) is 10.8 Å². The predicted molar refractivity (Wildman–Crippen MR) is 67.1 cm³/mol. The second kappa shape index (κ2) is 5.89. The van der Waals surface area contributed by atoms with Crippen molar-refractivity contribution in [2.45, 2.75) is 13.8 Å². The van der Waals surface area contributed by atoms with E-state index in [1.807, 2.05) is 0 Å². The molecule has 0 unspecified atom stereocenters. The highest BCUT2D eigenvalue weighted by Crippen LogP contribution is 2.17. The van der Waals surface area contributed by atoms with Crippen molar-refractivity contribution in [1.82, 2.24) is 15.6 Å². The smallest absolute Gasteiger partial charge is 0.352 e. The maximum absolute atomic E-state index is 11.9. The fourth-order valence-electron chi connectivity index (χ4n) is 1.75. The van der Waals surface area contributed by atoms with E-state index < -0.39 is 17.9 Å². The molecule has 1 heterocycles. The molecule has 0 saturated carbocycles. The lowest BCUT2D eigenvalue weighted by atomic mass is 10.1. The lowest BCUT2D eigenvalue weighted by molar-refractivity contribution is 0.0690. The molecule has 0 spiro atoms. The molecule has 19 heavy (non-hydrogen) atoms. The van der Waals surface area contributed by atoms with Crippen molar-refractivity contribution in [3.8, 4) is 0 Å². The molecule has 3 amide bonds. The van der Waals surface area contributed by atoms with Gasteiger partial charge in [0, 0.05) is 18.8 Å². The van der Waals surface area contributed by atoms with Crippen LogP contribution in [0.15, 0.2) is 0 Å². The third-order valence-corrected chi connectivity index (χ3v) is 2.59. The molecule has 1 rings (SSSR count). The van der Waals surface area contributed by atoms with Crippen LogP contribution in [-0.2, 0) is 0 Å². The average molecular weight is 268 g/mol. The maximum atomic E-state index is 11.9. The molecule has 0 bridgehead atoms. The summed E-state index contributed by atoms with van der Waals surface area (Å²) >= 11 is 0. The number of amides is 3. The molecule has 0 fully saturated rings. The topological polar surface area (TPSA) is 137 Å². The molecule has 0 saturated heterocycles. The van der Waals surface area contributed by atoms with E-state index >= 15 is 0 Å². The van der Waals surface area contributed by atoms with Crippen molar-refractivity contribution < 1.29 is 19.5 Å². The van der Waals surface area contributed by atoms with Crippen LogP contribution in [0.3, 0.4) is 0 Å². The molecule has 0 radical (unpaired) electrons. The summed E-state index contributed by atoms with van der Waals surface area (Å²) in [4.78, 5) is 35.9. The number of carbonyl (C=O) groups excluding carboxylic acids is 2. The lowest BCUT2D eigenvalue weighted by Gasteiger charge is -2.06. The number of carboxylic acid groups (broad SMARTS) is 1. The number of aryl methyl sites for hydroxylation is 1. The molecular weight excluding hydrogens is 252 g/mol. The molecule has 104 valence electrons. The van der Waals surface area contributed by atoms with Gasteiger partial charge in [0.05, 0.1) is 5.56 Å². The van der Waals surface area contributed by atoms with Crippen LogP contribution in [0, 0.1) is 13.8 Å². The number of carbonyl (C=O) groups is 3. The van der Waals surface area contributed by atoms with Crippen molar-refractivity contribution >= 4 is 17.9 Å². The standard InChI is InChI=1S/C11H16N4O4/c1-5-7(6(2)15-8(5)10(17)18)9(16)13-3-4-14-11(12)19/h15H,3-4H2,1-2H3,(H,13,16)(H,17,18)(H3,12,14,19). The van der Waals surface area contributed by atoms with E-state index in [2.05, 4.69) is 15.6 Å². The van der Waals surface area contributed by atoms with Gasteiger partial charge >= 0.3 is 12.0 Å². The Morgan fingerprint density at radius 2 is 1.79 bits per heavy atom. The first kappa shape index (κ1) is 14.6. The van der Waals surface area contributed by atoms with Gasteiger partial charge in [0.1, 0.15) is 5.69 Å². The number of aromatic carboxylic acids is 1. The summed E-state index contributed by atoms with van der Waals surface area (Å²) in [6.07, 6.45) is 0. The van der Waals surface area contributed by atoms with Crippen LogP contribution in [0.1, 0.15) is 32.1 Å². The fraction of sp³-hybridized carbons (Fsp3) is 0.364. The molecule has 0 aliphatic heterocycles. The van der Waals surface area contributed by atoms with Gasteiger partial charge in [-0.1, -0.05) is 0 Å². The van der Waals surface area contributed by atoms with Gasteiger partial charge in [0.15, 0.2) is 0 Å². The van der Waals surface area contributed by atoms with Crippen LogP contribution in [0.25, 0.3) is 0 Å². The summed E-state index contributed by atoms with van der Waals surface area (Å²) in [7, 11) is 0. The quantitative estimate of drug-likeness (QED) is 0.469. The summed E-state index contributed by atoms with van der Waals surface area (Å²) in [5.74, 6) is -1.51. The Morgan fingerprint density at radius 3 is 2.26 bits per heavy atom. The largest absolute Gasteiger partial charge is 0.477 e. The molecule has 0 aromatic carbocycles. The zero-order chi connectivity index (χ0) is 14.6. The van der Waals surface area contributed by atoms with Crippen LogP contribution < -0.4 is 16.4 Å². The van der Waals surface area contributed by atoms with E-state index in [0.29, 0.717) is 16.8 Å². The van der Waals surface area contributed by atoms with Crippen LogP contribution in [0.2, 0.25) is 0 Å². The third-order valence-electron chi connectivity index (χ3n) is 2.59. The highest BCUT2D eigenvalue weighted by atomic mass is 16.4. The molecular formula is C11H16N4O4. The Morgan fingerprint density at radius 1 is 1.21 bits per heavy atom. The minimum absolute atomic E-state index is 0.00193. The first-order chi connectivity index (χ1) is 8.84. The van der Waals surface area contributed by atoms with Crippen LogP contribution in [0.5, 0.6) is 0 Å². The number of H-pyrrole nitrogens is 1. The molecule has 8 nitrogen and oxygen atoms in total. The number of carboxylic acids is 1. The van der Waals surface area contributed by atoms with Gasteiger partial charge in [-0.05, 0) is 19.4 Å². The minimum Gasteiger partial charge on any atom is -0.477 e. The number of nitrogens with one attached hydrogen (secondary N) is 3. The van der Waals surface area contributed by atoms with E-state index in [1.165, 1.54) is 0 Å². The number of hydrogen-bond acceptors (Lipinski definition) is 3. The van der Waals surface area contributed by atoms with Gasteiger partial charge in [-0.15, -0.1) is 0 Å². The monoisotopic (exact) mass is 268 g/mol. The van der Waals surface area contributed by atoms with Gasteiger partial charge in [0.2, 0.25) is 0 Å². The number of hydrogen-bond donors (Lipinski definition) is 5. The first-order valence-corrected chi connectivity index (χ1v) is 5.58. The number of primary amides is 1. The third kappa shape index (κ3) is 3.47. The summed E-state index contributed by atoms with van der Waals surface area (Å²) in [5, 5.41) is 13.8. The zero-order valence-corrected chi connectivity index (χ0v) is 10.7. The molecule has 6 N–H and O–H groups in total. The molecule has 0 aliphatic rings. The first-order valence-electron chi connectivity index (χ1n) is 5.58. The van der Waals surface area contributed by atoms with E-state index in [0.717, 1.165) is 0 Å². The number of nitrogens with two attached hydrogens (primary N) is 1. The van der Waals surface area contributed by atoms with Crippen molar-refractivity contribution in [3.63, 3.8) is 0 Å². The summed E-state index contributed by atoms with van der Waals surface area (Å²) in [6, 6.07) is -0.670. The van der Waals surface area contributed by atoms with Crippen molar-refractivity contribution in [2.24, 2.45) is 5.73 Å². The highest BCUT2D eigenvalue weighted by molar-refractivity contribution is 6.00. The van der Waals surface area contributed by atoms with Gasteiger partial charge in [-0.3, -0.25) is 4.79 Å². The van der Waals surface area contributed by atoms with Crippen LogP contribution in [0.4, 0.5) is 4.79 Å². The van der Waals surface area contributed by atoms with Crippen molar-refractivity contribution in [2.75, 3.05) is 13.1 Å². The van der Waals surface area contributed by atoms with E-state index in [-0.39, 0.29) is 18.8 Å². The van der Waals surface area contributed by atoms with Crippen molar-refractivity contribution in [3.05, 3.63) is 22.5 Å². The summed E-state index contributed by atoms with van der Waals surface area (Å²) in [6.45, 7) is 3.59. The van der Waals surface area contributed by atoms with Crippen molar-refractivity contribution in [1.29, 1.82) is 0 Å². The SMILES string of the molecule is Cc1[nH]c(C(=O)O)c(C)c1C(=O)NCCNC(N)=O. The Labute approximate surface area is 109 Å². The summed E-state index contributed by atoms with van der Waals surface area (Å²) in [5.41, 5.74) is 6.03. The van der Waals surface area contributed by atoms with Gasteiger partial charge < -0.3 is 26.5 Å². The Hall–Kier alpha value is -2.51. The highest BCUT2D eigenvalue weighted by Gasteiger charge is 2.21. The zero-order valence-electron chi connectivity index (χ0n) is 10.7. The Kier molecular flexibility index (Phi) is 4.51. The molecule has 1 aromatic heterocycles.